The predicted molar refractivity (Wildman–Crippen MR) is 78.5 cm³/mol. The van der Waals surface area contributed by atoms with Gasteiger partial charge in [-0.1, -0.05) is 0 Å². The van der Waals surface area contributed by atoms with Crippen molar-refractivity contribution in [3.63, 3.8) is 0 Å². The Balaban J connectivity index is 2.24. The van der Waals surface area contributed by atoms with E-state index in [0.717, 1.165) is 12.1 Å². The quantitative estimate of drug-likeness (QED) is 0.796. The van der Waals surface area contributed by atoms with Crippen LogP contribution in [-0.4, -0.2) is 13.4 Å². The molecule has 21 heavy (non-hydrogen) atoms. The van der Waals surface area contributed by atoms with Gasteiger partial charge in [0.15, 0.2) is 0 Å². The summed E-state index contributed by atoms with van der Waals surface area (Å²) in [5.41, 5.74) is 5.84. The van der Waals surface area contributed by atoms with Crippen LogP contribution in [0.5, 0.6) is 0 Å². The summed E-state index contributed by atoms with van der Waals surface area (Å²) >= 11 is 3.01. The maximum Gasteiger partial charge on any atom is 0.242 e. The van der Waals surface area contributed by atoms with Crippen LogP contribution in [0.1, 0.15) is 17.3 Å². The molecule has 0 fully saturated rings. The lowest BCUT2D eigenvalue weighted by atomic mass is 10.3. The highest BCUT2D eigenvalue weighted by molar-refractivity contribution is 9.10. The smallest absolute Gasteiger partial charge is 0.242 e. The molecular weight excluding hydrogens is 365 g/mol. The van der Waals surface area contributed by atoms with Crippen LogP contribution in [0.25, 0.3) is 0 Å². The van der Waals surface area contributed by atoms with Crippen LogP contribution >= 0.6 is 15.9 Å². The van der Waals surface area contributed by atoms with E-state index in [4.69, 9.17) is 10.2 Å². The van der Waals surface area contributed by atoms with Gasteiger partial charge in [-0.25, -0.2) is 22.5 Å². The molecule has 2 aromatic rings. The Morgan fingerprint density at radius 1 is 1.43 bits per heavy atom. The summed E-state index contributed by atoms with van der Waals surface area (Å²) in [5, 5.41) is 0. The number of anilines is 1. The third-order valence-corrected chi connectivity index (χ3v) is 5.19. The molecule has 114 valence electrons. The molecule has 1 heterocycles. The van der Waals surface area contributed by atoms with Gasteiger partial charge in [-0.15, -0.1) is 0 Å². The summed E-state index contributed by atoms with van der Waals surface area (Å²) < 4.78 is 45.3. The second-order valence-electron chi connectivity index (χ2n) is 4.38. The van der Waals surface area contributed by atoms with Crippen LogP contribution in [-0.2, 0) is 16.6 Å². The van der Waals surface area contributed by atoms with Gasteiger partial charge in [-0.05, 0) is 41.9 Å². The maximum absolute atomic E-state index is 13.3. The Bertz CT molecular complexity index is 770. The number of nitrogen functional groups attached to an aromatic ring is 1. The van der Waals surface area contributed by atoms with E-state index in [1.165, 1.54) is 0 Å². The molecule has 0 aliphatic heterocycles. The van der Waals surface area contributed by atoms with E-state index in [-0.39, 0.29) is 27.5 Å². The largest absolute Gasteiger partial charge is 0.444 e. The third-order valence-electron chi connectivity index (χ3n) is 2.83. The topological polar surface area (TPSA) is 98.2 Å². The van der Waals surface area contributed by atoms with E-state index in [0.29, 0.717) is 11.5 Å². The number of sulfonamides is 1. The third kappa shape index (κ3) is 3.42. The minimum Gasteiger partial charge on any atom is -0.444 e. The van der Waals surface area contributed by atoms with E-state index < -0.39 is 15.8 Å². The first-order valence-electron chi connectivity index (χ1n) is 5.88. The standard InChI is InChI=1S/C12H13BrFN3O3S/c1-6-7(2)20-12(17-6)5-16-21(18,19)11-4-10(15)9(14)3-8(11)13/h3-4,16H,5,15H2,1-2H3. The second kappa shape index (κ2) is 5.74. The van der Waals surface area contributed by atoms with E-state index in [1.807, 2.05) is 0 Å². The van der Waals surface area contributed by atoms with Crippen LogP contribution in [0.2, 0.25) is 0 Å². The number of hydrogen-bond donors (Lipinski definition) is 2. The Hall–Kier alpha value is -1.45. The molecule has 0 unspecified atom stereocenters. The molecule has 0 saturated heterocycles. The molecular formula is C12H13BrFN3O3S. The van der Waals surface area contributed by atoms with Crippen molar-refractivity contribution in [3.8, 4) is 0 Å². The SMILES string of the molecule is Cc1nc(CNS(=O)(=O)c2cc(N)c(F)cc2Br)oc1C. The number of benzene rings is 1. The van der Waals surface area contributed by atoms with Crippen LogP contribution in [0.15, 0.2) is 25.9 Å². The average molecular weight is 378 g/mol. The minimum absolute atomic E-state index is 0.0847. The lowest BCUT2D eigenvalue weighted by Gasteiger charge is -2.08. The molecule has 0 atom stereocenters. The lowest BCUT2D eigenvalue weighted by molar-refractivity contribution is 0.463. The molecule has 6 nitrogen and oxygen atoms in total. The molecule has 9 heteroatoms. The summed E-state index contributed by atoms with van der Waals surface area (Å²) in [7, 11) is -3.88. The molecule has 0 aliphatic rings. The summed E-state index contributed by atoms with van der Waals surface area (Å²) in [4.78, 5) is 3.92. The first kappa shape index (κ1) is 15.9. The van der Waals surface area contributed by atoms with Crippen molar-refractivity contribution in [1.82, 2.24) is 9.71 Å². The number of nitrogens with zero attached hydrogens (tertiary/aromatic N) is 1. The number of rotatable bonds is 4. The van der Waals surface area contributed by atoms with Gasteiger partial charge >= 0.3 is 0 Å². The number of halogens is 2. The van der Waals surface area contributed by atoms with E-state index in [1.54, 1.807) is 13.8 Å². The van der Waals surface area contributed by atoms with Crippen molar-refractivity contribution < 1.29 is 17.2 Å². The number of nitrogens with two attached hydrogens (primary N) is 1. The second-order valence-corrected chi connectivity index (χ2v) is 6.97. The highest BCUT2D eigenvalue weighted by atomic mass is 79.9. The highest BCUT2D eigenvalue weighted by Crippen LogP contribution is 2.26. The zero-order valence-corrected chi connectivity index (χ0v) is 13.7. The van der Waals surface area contributed by atoms with Gasteiger partial charge in [-0.3, -0.25) is 0 Å². The lowest BCUT2D eigenvalue weighted by Crippen LogP contribution is -2.24. The summed E-state index contributed by atoms with van der Waals surface area (Å²) in [6.45, 7) is 3.38. The summed E-state index contributed by atoms with van der Waals surface area (Å²) in [5.74, 6) is 0.177. The molecule has 1 aromatic carbocycles. The fourth-order valence-corrected chi connectivity index (χ4v) is 3.62. The predicted octanol–water partition coefficient (Wildman–Crippen LogP) is 2.25. The van der Waals surface area contributed by atoms with Crippen molar-refractivity contribution in [2.45, 2.75) is 25.3 Å². The van der Waals surface area contributed by atoms with E-state index in [2.05, 4.69) is 25.6 Å². The van der Waals surface area contributed by atoms with Gasteiger partial charge in [-0.2, -0.15) is 0 Å². The zero-order valence-electron chi connectivity index (χ0n) is 11.3. The average Bonchev–Trinajstić information content (AvgIpc) is 2.71. The first-order valence-corrected chi connectivity index (χ1v) is 8.15. The van der Waals surface area contributed by atoms with Gasteiger partial charge in [0, 0.05) is 4.47 Å². The molecule has 2 rings (SSSR count). The van der Waals surface area contributed by atoms with Crippen LogP contribution < -0.4 is 10.5 Å². The number of nitrogens with one attached hydrogen (secondary N) is 1. The Labute approximate surface area is 129 Å². The van der Waals surface area contributed by atoms with Gasteiger partial charge in [0.05, 0.1) is 22.8 Å². The zero-order chi connectivity index (χ0) is 15.8. The summed E-state index contributed by atoms with van der Waals surface area (Å²) in [6, 6.07) is 2.05. The van der Waals surface area contributed by atoms with Gasteiger partial charge in [0.25, 0.3) is 0 Å². The van der Waals surface area contributed by atoms with Gasteiger partial charge < -0.3 is 10.2 Å². The van der Waals surface area contributed by atoms with E-state index >= 15 is 0 Å². The monoisotopic (exact) mass is 377 g/mol. The van der Waals surface area contributed by atoms with E-state index in [9.17, 15) is 12.8 Å². The molecule has 0 aliphatic carbocycles. The normalized spacial score (nSPS) is 11.8. The number of aryl methyl sites for hydroxylation is 2. The van der Waals surface area contributed by atoms with Crippen LogP contribution in [0, 0.1) is 19.7 Å². The number of hydrogen-bond acceptors (Lipinski definition) is 5. The van der Waals surface area contributed by atoms with Gasteiger partial charge in [0.2, 0.25) is 15.9 Å². The van der Waals surface area contributed by atoms with Crippen molar-refractivity contribution >= 4 is 31.6 Å². The minimum atomic E-state index is -3.88. The van der Waals surface area contributed by atoms with Crippen molar-refractivity contribution in [1.29, 1.82) is 0 Å². The van der Waals surface area contributed by atoms with Crippen molar-refractivity contribution in [2.75, 3.05) is 5.73 Å². The van der Waals surface area contributed by atoms with Crippen LogP contribution in [0.4, 0.5) is 10.1 Å². The fourth-order valence-electron chi connectivity index (χ4n) is 1.60. The fraction of sp³-hybridized carbons (Fsp3) is 0.250. The highest BCUT2D eigenvalue weighted by Gasteiger charge is 2.20. The first-order chi connectivity index (χ1) is 9.70. The Kier molecular flexibility index (Phi) is 4.35. The van der Waals surface area contributed by atoms with Crippen molar-refractivity contribution in [3.05, 3.63) is 39.8 Å². The maximum atomic E-state index is 13.3. The molecule has 0 amide bonds. The number of oxazole rings is 1. The molecule has 0 spiro atoms. The van der Waals surface area contributed by atoms with Gasteiger partial charge in [0.1, 0.15) is 11.6 Å². The molecule has 0 saturated carbocycles. The Morgan fingerprint density at radius 3 is 2.67 bits per heavy atom. The summed E-state index contributed by atoms with van der Waals surface area (Å²) in [6.07, 6.45) is 0. The molecule has 0 bridgehead atoms. The number of aromatic nitrogens is 1. The molecule has 3 N–H and O–H groups in total. The Morgan fingerprint density at radius 2 is 2.10 bits per heavy atom. The van der Waals surface area contributed by atoms with Crippen molar-refractivity contribution in [2.24, 2.45) is 0 Å². The molecule has 1 aromatic heterocycles. The molecule has 0 radical (unpaired) electrons. The van der Waals surface area contributed by atoms with Crippen LogP contribution in [0.3, 0.4) is 0 Å².